The van der Waals surface area contributed by atoms with Gasteiger partial charge in [0.25, 0.3) is 0 Å². The van der Waals surface area contributed by atoms with Gasteiger partial charge < -0.3 is 4.74 Å². The van der Waals surface area contributed by atoms with E-state index in [1.165, 1.54) is 102 Å². The Kier molecular flexibility index (Phi) is 13.2. The largest absolute Gasteiger partial charge is 0.494 e. The molecule has 1 saturated carbocycles. The Labute approximate surface area is 215 Å². The first-order chi connectivity index (χ1) is 17.3. The van der Waals surface area contributed by atoms with Crippen molar-refractivity contribution >= 4 is 0 Å². The first-order valence-electron chi connectivity index (χ1n) is 14.8. The van der Waals surface area contributed by atoms with Crippen LogP contribution in [0.1, 0.15) is 122 Å². The van der Waals surface area contributed by atoms with Crippen LogP contribution in [0, 0.1) is 11.8 Å². The molecule has 0 saturated heterocycles. The Balaban J connectivity index is 1.29. The lowest BCUT2D eigenvalue weighted by Gasteiger charge is -2.28. The molecule has 0 spiro atoms. The molecule has 0 amide bonds. The molecule has 2 aromatic rings. The summed E-state index contributed by atoms with van der Waals surface area (Å²) in [5, 5.41) is 0. The highest BCUT2D eigenvalue weighted by molar-refractivity contribution is 5.55. The van der Waals surface area contributed by atoms with Crippen LogP contribution >= 0.6 is 0 Å². The average Bonchev–Trinajstić information content (AvgIpc) is 2.90. The summed E-state index contributed by atoms with van der Waals surface area (Å²) in [7, 11) is 0. The fourth-order valence-electron chi connectivity index (χ4n) is 5.50. The molecule has 1 aliphatic carbocycles. The van der Waals surface area contributed by atoms with E-state index in [4.69, 9.17) is 4.74 Å². The Morgan fingerprint density at radius 3 is 1.89 bits per heavy atom. The van der Waals surface area contributed by atoms with Crippen molar-refractivity contribution in [2.45, 2.75) is 123 Å². The summed E-state index contributed by atoms with van der Waals surface area (Å²) in [5.74, 6) is 3.68. The first kappa shape index (κ1) is 27.7. The number of aryl methyl sites for hydroxylation is 1. The molecular weight excluding hydrogens is 428 g/mol. The predicted octanol–water partition coefficient (Wildman–Crippen LogP) is 9.59. The van der Waals surface area contributed by atoms with Gasteiger partial charge in [0.15, 0.2) is 5.82 Å². The predicted molar refractivity (Wildman–Crippen MR) is 149 cm³/mol. The summed E-state index contributed by atoms with van der Waals surface area (Å²) < 4.78 is 6.04. The van der Waals surface area contributed by atoms with Crippen molar-refractivity contribution in [3.63, 3.8) is 0 Å². The van der Waals surface area contributed by atoms with E-state index >= 15 is 0 Å². The van der Waals surface area contributed by atoms with Crippen LogP contribution in [-0.4, -0.2) is 16.6 Å². The van der Waals surface area contributed by atoms with E-state index < -0.39 is 0 Å². The van der Waals surface area contributed by atoms with Crippen LogP contribution in [0.2, 0.25) is 0 Å². The van der Waals surface area contributed by atoms with Gasteiger partial charge in [-0.2, -0.15) is 0 Å². The first-order valence-corrected chi connectivity index (χ1v) is 14.8. The number of hydrogen-bond donors (Lipinski definition) is 0. The molecule has 1 aromatic carbocycles. The summed E-state index contributed by atoms with van der Waals surface area (Å²) in [4.78, 5) is 9.20. The molecule has 1 aromatic heterocycles. The minimum atomic E-state index is 0.798. The fourth-order valence-corrected chi connectivity index (χ4v) is 5.50. The molecule has 0 aliphatic heterocycles. The number of rotatable bonds is 17. The third-order valence-corrected chi connectivity index (χ3v) is 7.84. The average molecular weight is 479 g/mol. The fraction of sp³-hybridized carbons (Fsp3) is 0.688. The zero-order chi connectivity index (χ0) is 24.6. The van der Waals surface area contributed by atoms with E-state index in [-0.39, 0.29) is 0 Å². The van der Waals surface area contributed by atoms with Crippen LogP contribution in [0.5, 0.6) is 5.75 Å². The topological polar surface area (TPSA) is 35.0 Å². The molecule has 3 rings (SSSR count). The quantitative estimate of drug-likeness (QED) is 0.212. The van der Waals surface area contributed by atoms with Gasteiger partial charge in [0.1, 0.15) is 5.75 Å². The lowest BCUT2D eigenvalue weighted by Crippen LogP contribution is -2.15. The Morgan fingerprint density at radius 1 is 0.686 bits per heavy atom. The van der Waals surface area contributed by atoms with Crippen LogP contribution in [0.25, 0.3) is 11.4 Å². The minimum absolute atomic E-state index is 0.798. The van der Waals surface area contributed by atoms with Gasteiger partial charge in [-0.1, -0.05) is 97.3 Å². The Morgan fingerprint density at radius 2 is 1.26 bits per heavy atom. The van der Waals surface area contributed by atoms with Crippen molar-refractivity contribution < 1.29 is 4.74 Å². The van der Waals surface area contributed by atoms with E-state index in [1.807, 2.05) is 12.4 Å². The highest BCUT2D eigenvalue weighted by Gasteiger charge is 2.20. The van der Waals surface area contributed by atoms with Gasteiger partial charge in [-0.25, -0.2) is 9.97 Å². The van der Waals surface area contributed by atoms with Gasteiger partial charge in [-0.3, -0.25) is 0 Å². The molecule has 0 atom stereocenters. The molecule has 3 nitrogen and oxygen atoms in total. The van der Waals surface area contributed by atoms with E-state index in [0.29, 0.717) is 0 Å². The van der Waals surface area contributed by atoms with Gasteiger partial charge in [0, 0.05) is 18.0 Å². The molecule has 1 fully saturated rings. The van der Waals surface area contributed by atoms with Gasteiger partial charge in [0.05, 0.1) is 6.61 Å². The molecule has 1 heterocycles. The molecule has 35 heavy (non-hydrogen) atoms. The van der Waals surface area contributed by atoms with Crippen molar-refractivity contribution in [1.29, 1.82) is 0 Å². The molecule has 0 bridgehead atoms. The van der Waals surface area contributed by atoms with Crippen LogP contribution in [0.4, 0.5) is 0 Å². The summed E-state index contributed by atoms with van der Waals surface area (Å²) in [6, 6.07) is 8.28. The Bertz CT molecular complexity index is 778. The maximum Gasteiger partial charge on any atom is 0.159 e. The van der Waals surface area contributed by atoms with E-state index in [2.05, 4.69) is 48.1 Å². The molecule has 0 radical (unpaired) electrons. The van der Waals surface area contributed by atoms with Gasteiger partial charge in [0.2, 0.25) is 0 Å². The lowest BCUT2D eigenvalue weighted by molar-refractivity contribution is 0.228. The highest BCUT2D eigenvalue weighted by Crippen LogP contribution is 2.34. The summed E-state index contributed by atoms with van der Waals surface area (Å²) in [6.45, 7) is 5.38. The second-order valence-electron chi connectivity index (χ2n) is 10.8. The maximum atomic E-state index is 6.04. The molecule has 0 N–H and O–H groups in total. The smallest absolute Gasteiger partial charge is 0.159 e. The lowest BCUT2D eigenvalue weighted by atomic mass is 9.78. The summed E-state index contributed by atoms with van der Waals surface area (Å²) in [6.07, 6.45) is 27.0. The third kappa shape index (κ3) is 10.7. The van der Waals surface area contributed by atoms with E-state index in [1.54, 1.807) is 0 Å². The van der Waals surface area contributed by atoms with Crippen LogP contribution in [-0.2, 0) is 6.42 Å². The van der Waals surface area contributed by atoms with Crippen molar-refractivity contribution in [3.8, 4) is 17.1 Å². The summed E-state index contributed by atoms with van der Waals surface area (Å²) in [5.41, 5.74) is 2.30. The number of hydrogen-bond acceptors (Lipinski definition) is 3. The van der Waals surface area contributed by atoms with Crippen molar-refractivity contribution in [3.05, 3.63) is 42.2 Å². The third-order valence-electron chi connectivity index (χ3n) is 7.84. The minimum Gasteiger partial charge on any atom is -0.494 e. The second kappa shape index (κ2) is 16.7. The maximum absolute atomic E-state index is 6.04. The number of benzene rings is 1. The normalized spacial score (nSPS) is 18.0. The molecule has 1 aliphatic rings. The number of unbranched alkanes of at least 4 members (excludes halogenated alkanes) is 7. The molecule has 3 heteroatoms. The monoisotopic (exact) mass is 478 g/mol. The van der Waals surface area contributed by atoms with Crippen molar-refractivity contribution in [2.75, 3.05) is 6.61 Å². The Hall–Kier alpha value is -1.90. The SMILES string of the molecule is CCCCCCCc1cnc(-c2ccc(OCCC[C@H]3CC[C@H](CCCCCC)CC3)cc2)nc1. The molecule has 194 valence electrons. The van der Waals surface area contributed by atoms with Gasteiger partial charge in [-0.05, 0) is 67.3 Å². The van der Waals surface area contributed by atoms with Crippen molar-refractivity contribution in [2.24, 2.45) is 11.8 Å². The van der Waals surface area contributed by atoms with Crippen molar-refractivity contribution in [1.82, 2.24) is 9.97 Å². The number of nitrogens with zero attached hydrogens (tertiary/aromatic N) is 2. The summed E-state index contributed by atoms with van der Waals surface area (Å²) >= 11 is 0. The highest BCUT2D eigenvalue weighted by atomic mass is 16.5. The van der Waals surface area contributed by atoms with Crippen LogP contribution in [0.15, 0.2) is 36.7 Å². The molecular formula is C32H50N2O. The van der Waals surface area contributed by atoms with Gasteiger partial charge in [-0.15, -0.1) is 0 Å². The van der Waals surface area contributed by atoms with Gasteiger partial charge >= 0.3 is 0 Å². The van der Waals surface area contributed by atoms with E-state index in [0.717, 1.165) is 48.4 Å². The van der Waals surface area contributed by atoms with Crippen LogP contribution < -0.4 is 4.74 Å². The molecule has 0 unspecified atom stereocenters. The second-order valence-corrected chi connectivity index (χ2v) is 10.8. The van der Waals surface area contributed by atoms with E-state index in [9.17, 15) is 0 Å². The van der Waals surface area contributed by atoms with Crippen LogP contribution in [0.3, 0.4) is 0 Å². The standard InChI is InChI=1S/C32H50N2O/c1-3-5-7-9-11-14-29-25-33-32(34-26-29)30-20-22-31(23-21-30)35-24-12-15-28-18-16-27(17-19-28)13-10-8-6-4-2/h20-23,25-28H,3-19,24H2,1-2H3/t27-,28-. The number of aromatic nitrogens is 2. The zero-order valence-electron chi connectivity index (χ0n) is 22.6. The zero-order valence-corrected chi connectivity index (χ0v) is 22.6. The number of ether oxygens (including phenoxy) is 1.